The minimum atomic E-state index is -4.48. The van der Waals surface area contributed by atoms with Gasteiger partial charge in [-0.1, -0.05) is 12.1 Å². The highest BCUT2D eigenvalue weighted by Gasteiger charge is 2.53. The Hall–Kier alpha value is -3.45. The van der Waals surface area contributed by atoms with Gasteiger partial charge >= 0.3 is 6.18 Å². The lowest BCUT2D eigenvalue weighted by molar-refractivity contribution is -0.137. The fraction of sp³-hybridized carbons (Fsp3) is 0.292. The van der Waals surface area contributed by atoms with Crippen LogP contribution in [0.15, 0.2) is 65.8 Å². The molecular weight excluding hydrogens is 519 g/mol. The van der Waals surface area contributed by atoms with Gasteiger partial charge < -0.3 is 5.32 Å². The van der Waals surface area contributed by atoms with E-state index >= 15 is 0 Å². The summed E-state index contributed by atoms with van der Waals surface area (Å²) >= 11 is 0. The maximum Gasteiger partial charge on any atom is 0.416 e. The third-order valence-electron chi connectivity index (χ3n) is 6.09. The van der Waals surface area contributed by atoms with Crippen LogP contribution in [0.4, 0.5) is 22.0 Å². The Morgan fingerprint density at radius 1 is 1.11 bits per heavy atom. The molecule has 1 aromatic heterocycles. The van der Waals surface area contributed by atoms with E-state index in [1.165, 1.54) is 31.5 Å². The number of alkyl halides is 4. The molecule has 2 aromatic carbocycles. The Labute approximate surface area is 209 Å². The van der Waals surface area contributed by atoms with Crippen molar-refractivity contribution in [3.05, 3.63) is 78.0 Å². The molecule has 13 heteroatoms. The van der Waals surface area contributed by atoms with E-state index in [1.807, 2.05) is 0 Å². The second-order valence-corrected chi connectivity index (χ2v) is 10.6. The van der Waals surface area contributed by atoms with E-state index in [1.54, 1.807) is 0 Å². The van der Waals surface area contributed by atoms with Crippen LogP contribution in [0.1, 0.15) is 24.6 Å². The smallest absolute Gasteiger partial charge is 0.349 e. The average molecular weight is 541 g/mol. The molecule has 4 rings (SSSR count). The van der Waals surface area contributed by atoms with Crippen molar-refractivity contribution in [2.75, 3.05) is 6.54 Å². The molecule has 196 valence electrons. The monoisotopic (exact) mass is 540 g/mol. The van der Waals surface area contributed by atoms with Crippen LogP contribution in [0.5, 0.6) is 0 Å². The fourth-order valence-electron chi connectivity index (χ4n) is 4.13. The zero-order valence-corrected chi connectivity index (χ0v) is 20.2. The number of aromatic nitrogens is 2. The molecule has 2 heterocycles. The van der Waals surface area contributed by atoms with E-state index in [0.717, 1.165) is 40.7 Å². The van der Waals surface area contributed by atoms with Crippen molar-refractivity contribution in [2.24, 2.45) is 0 Å². The van der Waals surface area contributed by atoms with Crippen molar-refractivity contribution in [3.63, 3.8) is 0 Å². The number of nitrogens with one attached hydrogen (secondary N) is 1. The Kier molecular flexibility index (Phi) is 7.04. The number of amides is 1. The summed E-state index contributed by atoms with van der Waals surface area (Å²) < 4.78 is 93.2. The molecule has 3 aromatic rings. The highest BCUT2D eigenvalue weighted by atomic mass is 32.2. The first kappa shape index (κ1) is 26.6. The van der Waals surface area contributed by atoms with Crippen molar-refractivity contribution in [2.45, 2.75) is 42.7 Å². The minimum absolute atomic E-state index is 0.175. The van der Waals surface area contributed by atoms with Crippen LogP contribution in [0.2, 0.25) is 0 Å². The molecule has 2 atom stereocenters. The van der Waals surface area contributed by atoms with E-state index < -0.39 is 51.7 Å². The van der Waals surface area contributed by atoms with Crippen molar-refractivity contribution in [3.8, 4) is 11.3 Å². The summed E-state index contributed by atoms with van der Waals surface area (Å²) in [5.74, 6) is -1.42. The molecule has 1 saturated heterocycles. The number of benzene rings is 2. The molecular formula is C24H21F5N4O3S. The summed E-state index contributed by atoms with van der Waals surface area (Å²) in [5.41, 5.74) is -1.58. The van der Waals surface area contributed by atoms with Gasteiger partial charge in [0.15, 0.2) is 0 Å². The van der Waals surface area contributed by atoms with Crippen molar-refractivity contribution >= 4 is 15.9 Å². The van der Waals surface area contributed by atoms with Gasteiger partial charge in [0, 0.05) is 18.5 Å². The van der Waals surface area contributed by atoms with Gasteiger partial charge in [0.25, 0.3) is 0 Å². The molecule has 0 bridgehead atoms. The summed E-state index contributed by atoms with van der Waals surface area (Å²) in [6, 6.07) is 9.81. The van der Waals surface area contributed by atoms with Crippen molar-refractivity contribution in [1.82, 2.24) is 19.6 Å². The maximum absolute atomic E-state index is 14.4. The first-order valence-corrected chi connectivity index (χ1v) is 12.4. The Morgan fingerprint density at radius 3 is 2.38 bits per heavy atom. The van der Waals surface area contributed by atoms with Gasteiger partial charge in [-0.05, 0) is 49.4 Å². The third kappa shape index (κ3) is 5.47. The Morgan fingerprint density at radius 2 is 1.76 bits per heavy atom. The molecule has 0 spiro atoms. The lowest BCUT2D eigenvalue weighted by atomic mass is 9.98. The van der Waals surface area contributed by atoms with Gasteiger partial charge in [-0.15, -0.1) is 0 Å². The van der Waals surface area contributed by atoms with E-state index in [9.17, 15) is 35.2 Å². The third-order valence-corrected chi connectivity index (χ3v) is 8.09. The number of carbonyl (C=O) groups is 1. The van der Waals surface area contributed by atoms with E-state index in [4.69, 9.17) is 0 Å². The average Bonchev–Trinajstić information content (AvgIpc) is 3.18. The minimum Gasteiger partial charge on any atom is -0.349 e. The van der Waals surface area contributed by atoms with Crippen LogP contribution in [0.25, 0.3) is 11.3 Å². The topological polar surface area (TPSA) is 92.3 Å². The summed E-state index contributed by atoms with van der Waals surface area (Å²) in [7, 11) is -4.32. The molecule has 1 aliphatic heterocycles. The standard InChI is InChI=1S/C24H21F5N4O3S/c1-23(11-18(26)13-33(23)37(35,36)20-8-6-17(25)7-9-20)22(34)30-12-19-10-21(32-14-31-19)15-2-4-16(5-3-15)24(27,28)29/h2-10,14,18H,11-13H2,1H3,(H,30,34). The summed E-state index contributed by atoms with van der Waals surface area (Å²) in [6.45, 7) is 0.581. The molecule has 7 nitrogen and oxygen atoms in total. The number of halogens is 5. The lowest BCUT2D eigenvalue weighted by Crippen LogP contribution is -2.55. The number of hydrogen-bond acceptors (Lipinski definition) is 5. The number of nitrogens with zero attached hydrogens (tertiary/aromatic N) is 3. The SMILES string of the molecule is CC1(C(=O)NCc2cc(-c3ccc(C(F)(F)F)cc3)ncn2)CC(F)CN1S(=O)(=O)c1ccc(F)cc1. The number of hydrogen-bond donors (Lipinski definition) is 1. The first-order valence-electron chi connectivity index (χ1n) is 11.0. The zero-order chi connectivity index (χ0) is 27.0. The van der Waals surface area contributed by atoms with Crippen LogP contribution < -0.4 is 5.32 Å². The van der Waals surface area contributed by atoms with E-state index in [-0.39, 0.29) is 17.9 Å². The van der Waals surface area contributed by atoms with Crippen LogP contribution in [0.3, 0.4) is 0 Å². The van der Waals surface area contributed by atoms with E-state index in [0.29, 0.717) is 17.0 Å². The molecule has 1 N–H and O–H groups in total. The van der Waals surface area contributed by atoms with Crippen LogP contribution in [-0.4, -0.2) is 46.9 Å². The van der Waals surface area contributed by atoms with Gasteiger partial charge in [0.2, 0.25) is 15.9 Å². The second-order valence-electron chi connectivity index (χ2n) is 8.72. The molecule has 1 amide bonds. The largest absolute Gasteiger partial charge is 0.416 e. The van der Waals surface area contributed by atoms with Crippen molar-refractivity contribution in [1.29, 1.82) is 0 Å². The fourth-order valence-corrected chi connectivity index (χ4v) is 5.91. The maximum atomic E-state index is 14.4. The number of carbonyl (C=O) groups excluding carboxylic acids is 1. The highest BCUT2D eigenvalue weighted by Crippen LogP contribution is 2.36. The van der Waals surface area contributed by atoms with Crippen LogP contribution in [0, 0.1) is 5.82 Å². The van der Waals surface area contributed by atoms with Gasteiger partial charge in [-0.2, -0.15) is 17.5 Å². The molecule has 37 heavy (non-hydrogen) atoms. The van der Waals surface area contributed by atoms with Gasteiger partial charge in [0.05, 0.1) is 28.4 Å². The lowest BCUT2D eigenvalue weighted by Gasteiger charge is -2.32. The summed E-state index contributed by atoms with van der Waals surface area (Å²) in [5, 5.41) is 2.56. The predicted molar refractivity (Wildman–Crippen MR) is 123 cm³/mol. The molecule has 1 aliphatic rings. The molecule has 0 saturated carbocycles. The van der Waals surface area contributed by atoms with Gasteiger partial charge in [-0.25, -0.2) is 27.2 Å². The predicted octanol–water partition coefficient (Wildman–Crippen LogP) is 4.11. The van der Waals surface area contributed by atoms with Crippen LogP contribution >= 0.6 is 0 Å². The molecule has 0 radical (unpaired) electrons. The Bertz CT molecular complexity index is 1400. The molecule has 0 aliphatic carbocycles. The summed E-state index contributed by atoms with van der Waals surface area (Å²) in [4.78, 5) is 20.9. The quantitative estimate of drug-likeness (QED) is 0.476. The first-order chi connectivity index (χ1) is 17.3. The van der Waals surface area contributed by atoms with E-state index in [2.05, 4.69) is 15.3 Å². The van der Waals surface area contributed by atoms with Crippen molar-refractivity contribution < 1.29 is 35.2 Å². The van der Waals surface area contributed by atoms with Gasteiger partial charge in [-0.3, -0.25) is 4.79 Å². The molecule has 2 unspecified atom stereocenters. The van der Waals surface area contributed by atoms with Crippen LogP contribution in [-0.2, 0) is 27.5 Å². The zero-order valence-electron chi connectivity index (χ0n) is 19.3. The number of rotatable bonds is 6. The van der Waals surface area contributed by atoms with Gasteiger partial charge in [0.1, 0.15) is 23.9 Å². The number of sulfonamides is 1. The Balaban J connectivity index is 1.51. The molecule has 1 fully saturated rings. The normalized spacial score (nSPS) is 20.6. The summed E-state index contributed by atoms with van der Waals surface area (Å²) in [6.07, 6.45) is -5.29. The second kappa shape index (κ2) is 9.78. The highest BCUT2D eigenvalue weighted by molar-refractivity contribution is 7.89.